The van der Waals surface area contributed by atoms with Crippen molar-refractivity contribution >= 4 is 27.5 Å². The van der Waals surface area contributed by atoms with Crippen molar-refractivity contribution in [1.29, 1.82) is 0 Å². The second kappa shape index (κ2) is 7.74. The van der Waals surface area contributed by atoms with Crippen LogP contribution in [-0.2, 0) is 16.6 Å². The number of benzene rings is 2. The molecule has 10 heteroatoms. The highest BCUT2D eigenvalue weighted by Gasteiger charge is 2.28. The first-order valence-electron chi connectivity index (χ1n) is 9.01. The maximum Gasteiger partial charge on any atom is 0.252 e. The summed E-state index contributed by atoms with van der Waals surface area (Å²) in [6, 6.07) is 7.52. The molecule has 0 atom stereocenters. The molecule has 0 aliphatic carbocycles. The van der Waals surface area contributed by atoms with Crippen molar-refractivity contribution in [2.45, 2.75) is 24.3 Å². The molecule has 0 bridgehead atoms. The molecule has 2 N–H and O–H groups in total. The van der Waals surface area contributed by atoms with Crippen LogP contribution in [0.5, 0.6) is 17.2 Å². The van der Waals surface area contributed by atoms with Crippen molar-refractivity contribution in [3.8, 4) is 17.2 Å². The quantitative estimate of drug-likeness (QED) is 0.742. The van der Waals surface area contributed by atoms with Gasteiger partial charge in [-0.2, -0.15) is 4.31 Å². The highest BCUT2D eigenvalue weighted by Crippen LogP contribution is 2.40. The molecule has 2 heterocycles. The van der Waals surface area contributed by atoms with Gasteiger partial charge in [0, 0.05) is 13.1 Å². The van der Waals surface area contributed by atoms with Crippen LogP contribution in [0.2, 0.25) is 5.02 Å². The van der Waals surface area contributed by atoms with E-state index in [2.05, 4.69) is 0 Å². The van der Waals surface area contributed by atoms with Crippen molar-refractivity contribution in [2.75, 3.05) is 19.9 Å². The molecule has 2 aromatic carbocycles. The molecule has 1 amide bonds. The van der Waals surface area contributed by atoms with Gasteiger partial charge < -0.3 is 19.9 Å². The number of nitrogens with two attached hydrogens (primary N) is 1. The number of hydrogen-bond acceptors (Lipinski definition) is 6. The number of nitrogens with zero attached hydrogens (tertiary/aromatic N) is 1. The van der Waals surface area contributed by atoms with Gasteiger partial charge in [-0.3, -0.25) is 4.79 Å². The predicted molar refractivity (Wildman–Crippen MR) is 105 cm³/mol. The van der Waals surface area contributed by atoms with Gasteiger partial charge in [0.25, 0.3) is 5.91 Å². The summed E-state index contributed by atoms with van der Waals surface area (Å²) in [5.74, 6) is 0.400. The lowest BCUT2D eigenvalue weighted by Gasteiger charge is -2.17. The van der Waals surface area contributed by atoms with E-state index in [9.17, 15) is 13.2 Å². The SMILES string of the molecule is NC(=O)c1cc(S(=O)(=O)N2CCCC2)ccc1OCc1cc(Cl)c2c(c1)OCO2. The van der Waals surface area contributed by atoms with Crippen LogP contribution in [0.25, 0.3) is 0 Å². The maximum atomic E-state index is 12.7. The third-order valence-corrected chi connectivity index (χ3v) is 6.98. The molecule has 29 heavy (non-hydrogen) atoms. The molecule has 2 aliphatic rings. The number of rotatable bonds is 6. The summed E-state index contributed by atoms with van der Waals surface area (Å²) >= 11 is 6.17. The van der Waals surface area contributed by atoms with Crippen molar-refractivity contribution in [2.24, 2.45) is 5.73 Å². The van der Waals surface area contributed by atoms with Crippen LogP contribution in [-0.4, -0.2) is 38.5 Å². The fourth-order valence-electron chi connectivity index (χ4n) is 3.33. The molecule has 2 aliphatic heterocycles. The Kier molecular flexibility index (Phi) is 5.28. The standard InChI is InChI=1S/C19H19ClN2O6S/c20-15-7-12(8-17-18(15)28-11-27-17)10-26-16-4-3-13(9-14(16)19(21)23)29(24,25)22-5-1-2-6-22/h3-4,7-9H,1-2,5-6,10-11H2,(H2,21,23). The Balaban J connectivity index is 1.58. The molecular formula is C19H19ClN2O6S. The molecule has 1 fully saturated rings. The zero-order valence-corrected chi connectivity index (χ0v) is 17.0. The van der Waals surface area contributed by atoms with Crippen LogP contribution in [0.3, 0.4) is 0 Å². The molecule has 0 saturated carbocycles. The minimum Gasteiger partial charge on any atom is -0.488 e. The largest absolute Gasteiger partial charge is 0.488 e. The lowest BCUT2D eigenvalue weighted by molar-refractivity contribution is 0.0995. The minimum absolute atomic E-state index is 0.00267. The number of amides is 1. The zero-order chi connectivity index (χ0) is 20.6. The van der Waals surface area contributed by atoms with E-state index in [0.29, 0.717) is 35.2 Å². The number of carbonyl (C=O) groups excluding carboxylic acids is 1. The number of halogens is 1. The van der Waals surface area contributed by atoms with Gasteiger partial charge in [0.15, 0.2) is 11.5 Å². The summed E-state index contributed by atoms with van der Waals surface area (Å²) in [6.45, 7) is 1.11. The molecule has 2 aromatic rings. The molecule has 0 aromatic heterocycles. The molecular weight excluding hydrogens is 420 g/mol. The van der Waals surface area contributed by atoms with E-state index in [0.717, 1.165) is 12.8 Å². The number of ether oxygens (including phenoxy) is 3. The zero-order valence-electron chi connectivity index (χ0n) is 15.4. The second-order valence-electron chi connectivity index (χ2n) is 6.73. The van der Waals surface area contributed by atoms with E-state index in [-0.39, 0.29) is 29.6 Å². The molecule has 0 radical (unpaired) electrons. The highest BCUT2D eigenvalue weighted by atomic mass is 35.5. The fourth-order valence-corrected chi connectivity index (χ4v) is 5.16. The Morgan fingerprint density at radius 2 is 1.93 bits per heavy atom. The van der Waals surface area contributed by atoms with Crippen molar-refractivity contribution in [3.05, 3.63) is 46.5 Å². The summed E-state index contributed by atoms with van der Waals surface area (Å²) < 4.78 is 43.2. The molecule has 4 rings (SSSR count). The number of carbonyl (C=O) groups is 1. The molecule has 0 spiro atoms. The smallest absolute Gasteiger partial charge is 0.252 e. The van der Waals surface area contributed by atoms with Crippen LogP contribution in [0.1, 0.15) is 28.8 Å². The average Bonchev–Trinajstić information content (AvgIpc) is 3.38. The predicted octanol–water partition coefficient (Wildman–Crippen LogP) is 2.53. The van der Waals surface area contributed by atoms with Gasteiger partial charge in [-0.05, 0) is 48.7 Å². The topological polar surface area (TPSA) is 108 Å². The van der Waals surface area contributed by atoms with Gasteiger partial charge in [-0.25, -0.2) is 8.42 Å². The fraction of sp³-hybridized carbons (Fsp3) is 0.316. The minimum atomic E-state index is -3.67. The van der Waals surface area contributed by atoms with Crippen molar-refractivity contribution in [3.63, 3.8) is 0 Å². The third-order valence-electron chi connectivity index (χ3n) is 4.80. The van der Waals surface area contributed by atoms with E-state index in [4.69, 9.17) is 31.5 Å². The third kappa shape index (κ3) is 3.85. The molecule has 0 unspecified atom stereocenters. The van der Waals surface area contributed by atoms with Crippen LogP contribution in [0.4, 0.5) is 0 Å². The van der Waals surface area contributed by atoms with E-state index in [1.807, 2.05) is 0 Å². The lowest BCUT2D eigenvalue weighted by atomic mass is 10.2. The normalized spacial score (nSPS) is 16.2. The van der Waals surface area contributed by atoms with Crippen molar-refractivity contribution < 1.29 is 27.4 Å². The summed E-state index contributed by atoms with van der Waals surface area (Å²) in [7, 11) is -3.67. The number of hydrogen-bond donors (Lipinski definition) is 1. The summed E-state index contributed by atoms with van der Waals surface area (Å²) in [4.78, 5) is 11.9. The molecule has 8 nitrogen and oxygen atoms in total. The number of fused-ring (bicyclic) bond motifs is 1. The van der Waals surface area contributed by atoms with Crippen LogP contribution in [0, 0.1) is 0 Å². The lowest BCUT2D eigenvalue weighted by Crippen LogP contribution is -2.28. The van der Waals surface area contributed by atoms with Crippen LogP contribution < -0.4 is 19.9 Å². The first-order valence-corrected chi connectivity index (χ1v) is 10.8. The van der Waals surface area contributed by atoms with Gasteiger partial charge >= 0.3 is 0 Å². The first-order chi connectivity index (χ1) is 13.9. The highest BCUT2D eigenvalue weighted by molar-refractivity contribution is 7.89. The monoisotopic (exact) mass is 438 g/mol. The molecule has 154 valence electrons. The van der Waals surface area contributed by atoms with Crippen LogP contribution in [0.15, 0.2) is 35.2 Å². The van der Waals surface area contributed by atoms with Gasteiger partial charge in [-0.1, -0.05) is 11.6 Å². The Hall–Kier alpha value is -2.49. The Morgan fingerprint density at radius 1 is 1.17 bits per heavy atom. The molecule has 1 saturated heterocycles. The summed E-state index contributed by atoms with van der Waals surface area (Å²) in [6.07, 6.45) is 1.64. The van der Waals surface area contributed by atoms with E-state index in [1.165, 1.54) is 22.5 Å². The van der Waals surface area contributed by atoms with Crippen molar-refractivity contribution in [1.82, 2.24) is 4.31 Å². The summed E-state index contributed by atoms with van der Waals surface area (Å²) in [5.41, 5.74) is 6.16. The number of sulfonamides is 1. The van der Waals surface area contributed by atoms with Gasteiger partial charge in [0.1, 0.15) is 12.4 Å². The Bertz CT molecular complexity index is 1070. The van der Waals surface area contributed by atoms with Gasteiger partial charge in [0.05, 0.1) is 15.5 Å². The Labute approximate surface area is 173 Å². The first kappa shape index (κ1) is 19.8. The van der Waals surface area contributed by atoms with E-state index >= 15 is 0 Å². The van der Waals surface area contributed by atoms with Gasteiger partial charge in [-0.15, -0.1) is 0 Å². The van der Waals surface area contributed by atoms with E-state index < -0.39 is 15.9 Å². The Morgan fingerprint density at radius 3 is 2.66 bits per heavy atom. The second-order valence-corrected chi connectivity index (χ2v) is 9.08. The average molecular weight is 439 g/mol. The number of primary amides is 1. The maximum absolute atomic E-state index is 12.7. The summed E-state index contributed by atoms with van der Waals surface area (Å²) in [5, 5.41) is 0.390. The van der Waals surface area contributed by atoms with Gasteiger partial charge in [0.2, 0.25) is 16.8 Å². The van der Waals surface area contributed by atoms with Crippen LogP contribution >= 0.6 is 11.6 Å². The van der Waals surface area contributed by atoms with E-state index in [1.54, 1.807) is 12.1 Å².